The highest BCUT2D eigenvalue weighted by atomic mass is 32.1. The maximum Gasteiger partial charge on any atom is 0.262 e. The van der Waals surface area contributed by atoms with E-state index in [0.29, 0.717) is 16.3 Å². The van der Waals surface area contributed by atoms with E-state index in [-0.39, 0.29) is 12.0 Å². The van der Waals surface area contributed by atoms with Gasteiger partial charge in [-0.05, 0) is 23.1 Å². The molecule has 4 rings (SSSR count). The molecule has 7 heteroatoms. The molecule has 6 nitrogen and oxygen atoms in total. The standard InChI is InChI=1S/C23H21N3O3S/c1-23(2,3)15-10-8-14(9-11-15)18-13-30-22(24-18)25-19(27)12-26-20(28)16-6-4-5-7-17(16)21(26)29/h4-11,13H,12H2,1-3H3,(H,24,25,27). The quantitative estimate of drug-likeness (QED) is 0.638. The Kier molecular flexibility index (Phi) is 4.99. The number of nitrogens with one attached hydrogen (secondary N) is 1. The minimum absolute atomic E-state index is 0.0733. The molecule has 0 fully saturated rings. The summed E-state index contributed by atoms with van der Waals surface area (Å²) in [7, 11) is 0. The molecule has 3 amide bonds. The maximum absolute atomic E-state index is 12.4. The first-order valence-corrected chi connectivity index (χ1v) is 10.4. The lowest BCUT2D eigenvalue weighted by Gasteiger charge is -2.18. The highest BCUT2D eigenvalue weighted by Gasteiger charge is 2.36. The summed E-state index contributed by atoms with van der Waals surface area (Å²) in [4.78, 5) is 42.6. The number of nitrogens with zero attached hydrogens (tertiary/aromatic N) is 2. The van der Waals surface area contributed by atoms with Crippen molar-refractivity contribution in [3.8, 4) is 11.3 Å². The summed E-state index contributed by atoms with van der Waals surface area (Å²) < 4.78 is 0. The smallest absolute Gasteiger partial charge is 0.262 e. The Morgan fingerprint density at radius 3 is 2.17 bits per heavy atom. The first kappa shape index (κ1) is 20.0. The van der Waals surface area contributed by atoms with Crippen LogP contribution in [0.4, 0.5) is 5.13 Å². The van der Waals surface area contributed by atoms with Crippen LogP contribution >= 0.6 is 11.3 Å². The third kappa shape index (κ3) is 3.76. The molecule has 2 aromatic carbocycles. The van der Waals surface area contributed by atoms with Crippen LogP contribution in [0.25, 0.3) is 11.3 Å². The van der Waals surface area contributed by atoms with Crippen LogP contribution in [0.15, 0.2) is 53.9 Å². The van der Waals surface area contributed by atoms with Gasteiger partial charge in [0.1, 0.15) is 6.54 Å². The van der Waals surface area contributed by atoms with Gasteiger partial charge in [0, 0.05) is 10.9 Å². The Hall–Kier alpha value is -3.32. The Labute approximate surface area is 178 Å². The van der Waals surface area contributed by atoms with E-state index in [9.17, 15) is 14.4 Å². The van der Waals surface area contributed by atoms with Crippen LogP contribution in [0.5, 0.6) is 0 Å². The van der Waals surface area contributed by atoms with Gasteiger partial charge in [-0.15, -0.1) is 11.3 Å². The van der Waals surface area contributed by atoms with Crippen LogP contribution in [-0.2, 0) is 10.2 Å². The summed E-state index contributed by atoms with van der Waals surface area (Å²) in [6.45, 7) is 6.13. The third-order valence-corrected chi connectivity index (χ3v) is 5.73. The van der Waals surface area contributed by atoms with Gasteiger partial charge in [-0.2, -0.15) is 0 Å². The van der Waals surface area contributed by atoms with Crippen LogP contribution in [0.3, 0.4) is 0 Å². The fourth-order valence-electron chi connectivity index (χ4n) is 3.29. The zero-order valence-electron chi connectivity index (χ0n) is 16.9. The highest BCUT2D eigenvalue weighted by Crippen LogP contribution is 2.28. The molecular weight excluding hydrogens is 398 g/mol. The van der Waals surface area contributed by atoms with Crippen molar-refractivity contribution < 1.29 is 14.4 Å². The average molecular weight is 420 g/mol. The molecule has 30 heavy (non-hydrogen) atoms. The molecule has 1 aliphatic heterocycles. The largest absolute Gasteiger partial charge is 0.300 e. The number of amides is 3. The zero-order chi connectivity index (χ0) is 21.5. The lowest BCUT2D eigenvalue weighted by molar-refractivity contribution is -0.116. The van der Waals surface area contributed by atoms with E-state index in [1.54, 1.807) is 24.3 Å². The summed E-state index contributed by atoms with van der Waals surface area (Å²) in [6.07, 6.45) is 0. The van der Waals surface area contributed by atoms with Gasteiger partial charge in [-0.3, -0.25) is 19.3 Å². The van der Waals surface area contributed by atoms with Crippen molar-refractivity contribution in [2.45, 2.75) is 26.2 Å². The molecule has 0 unspecified atom stereocenters. The van der Waals surface area contributed by atoms with Crippen molar-refractivity contribution >= 4 is 34.2 Å². The molecular formula is C23H21N3O3S. The van der Waals surface area contributed by atoms with Gasteiger partial charge in [0.25, 0.3) is 11.8 Å². The van der Waals surface area contributed by atoms with Gasteiger partial charge >= 0.3 is 0 Å². The van der Waals surface area contributed by atoms with Crippen LogP contribution in [0.1, 0.15) is 47.1 Å². The SMILES string of the molecule is CC(C)(C)c1ccc(-c2csc(NC(=O)CN3C(=O)c4ccccc4C3=O)n2)cc1. The number of fused-ring (bicyclic) bond motifs is 1. The first-order valence-electron chi connectivity index (χ1n) is 9.55. The predicted octanol–water partition coefficient (Wildman–Crippen LogP) is 4.34. The first-order chi connectivity index (χ1) is 14.2. The van der Waals surface area contributed by atoms with Crippen LogP contribution in [0, 0.1) is 0 Å². The van der Waals surface area contributed by atoms with Crippen LogP contribution < -0.4 is 5.32 Å². The van der Waals surface area contributed by atoms with E-state index in [0.717, 1.165) is 16.2 Å². The summed E-state index contributed by atoms with van der Waals surface area (Å²) in [5.41, 5.74) is 3.67. The van der Waals surface area contributed by atoms with E-state index in [1.807, 2.05) is 17.5 Å². The summed E-state index contributed by atoms with van der Waals surface area (Å²) in [5, 5.41) is 4.97. The van der Waals surface area contributed by atoms with Crippen molar-refractivity contribution in [2.75, 3.05) is 11.9 Å². The lowest BCUT2D eigenvalue weighted by atomic mass is 9.86. The molecule has 0 radical (unpaired) electrons. The van der Waals surface area contributed by atoms with Crippen molar-refractivity contribution in [1.82, 2.24) is 9.88 Å². The fraction of sp³-hybridized carbons (Fsp3) is 0.217. The summed E-state index contributed by atoms with van der Waals surface area (Å²) >= 11 is 1.30. The second-order valence-electron chi connectivity index (χ2n) is 8.16. The normalized spacial score (nSPS) is 13.5. The molecule has 1 N–H and O–H groups in total. The maximum atomic E-state index is 12.4. The Bertz CT molecular complexity index is 1110. The monoisotopic (exact) mass is 419 g/mol. The number of hydrogen-bond donors (Lipinski definition) is 1. The van der Waals surface area contributed by atoms with Gasteiger partial charge in [0.05, 0.1) is 16.8 Å². The van der Waals surface area contributed by atoms with Gasteiger partial charge in [0.15, 0.2) is 5.13 Å². The van der Waals surface area contributed by atoms with Crippen molar-refractivity contribution in [3.05, 3.63) is 70.6 Å². The molecule has 0 saturated heterocycles. The number of imide groups is 1. The Morgan fingerprint density at radius 1 is 1.00 bits per heavy atom. The molecule has 0 aliphatic carbocycles. The molecule has 0 saturated carbocycles. The van der Waals surface area contributed by atoms with E-state index in [4.69, 9.17) is 0 Å². The van der Waals surface area contributed by atoms with Crippen molar-refractivity contribution in [3.63, 3.8) is 0 Å². The Balaban J connectivity index is 1.43. The number of carbonyl (C=O) groups excluding carboxylic acids is 3. The molecule has 0 spiro atoms. The number of anilines is 1. The zero-order valence-corrected chi connectivity index (χ0v) is 17.7. The molecule has 1 aromatic heterocycles. The highest BCUT2D eigenvalue weighted by molar-refractivity contribution is 7.14. The number of hydrogen-bond acceptors (Lipinski definition) is 5. The summed E-state index contributed by atoms with van der Waals surface area (Å²) in [5.74, 6) is -1.37. The molecule has 152 valence electrons. The average Bonchev–Trinajstić information content (AvgIpc) is 3.27. The molecule has 0 atom stereocenters. The lowest BCUT2D eigenvalue weighted by Crippen LogP contribution is -2.37. The minimum Gasteiger partial charge on any atom is -0.300 e. The van der Waals surface area contributed by atoms with Gasteiger partial charge in [-0.25, -0.2) is 4.98 Å². The molecule has 3 aromatic rings. The van der Waals surface area contributed by atoms with E-state index in [1.165, 1.54) is 16.9 Å². The third-order valence-electron chi connectivity index (χ3n) is 4.98. The van der Waals surface area contributed by atoms with Crippen LogP contribution in [0.2, 0.25) is 0 Å². The molecule has 2 heterocycles. The predicted molar refractivity (Wildman–Crippen MR) is 117 cm³/mol. The number of thiazole rings is 1. The second kappa shape index (κ2) is 7.50. The van der Waals surface area contributed by atoms with Gasteiger partial charge in [0.2, 0.25) is 5.91 Å². The van der Waals surface area contributed by atoms with Crippen LogP contribution in [-0.4, -0.2) is 34.2 Å². The topological polar surface area (TPSA) is 79.4 Å². The van der Waals surface area contributed by atoms with Crippen molar-refractivity contribution in [1.29, 1.82) is 0 Å². The number of aromatic nitrogens is 1. The minimum atomic E-state index is -0.464. The van der Waals surface area contributed by atoms with E-state index >= 15 is 0 Å². The van der Waals surface area contributed by atoms with Gasteiger partial charge < -0.3 is 5.32 Å². The van der Waals surface area contributed by atoms with E-state index in [2.05, 4.69) is 43.2 Å². The van der Waals surface area contributed by atoms with E-state index < -0.39 is 17.7 Å². The fourth-order valence-corrected chi connectivity index (χ4v) is 4.03. The molecule has 0 bridgehead atoms. The van der Waals surface area contributed by atoms with Crippen molar-refractivity contribution in [2.24, 2.45) is 0 Å². The number of carbonyl (C=O) groups is 3. The Morgan fingerprint density at radius 2 is 1.60 bits per heavy atom. The number of rotatable bonds is 4. The van der Waals surface area contributed by atoms with Gasteiger partial charge in [-0.1, -0.05) is 57.2 Å². The number of benzene rings is 2. The summed E-state index contributed by atoms with van der Waals surface area (Å²) in [6, 6.07) is 14.7. The second-order valence-corrected chi connectivity index (χ2v) is 9.01. The molecule has 1 aliphatic rings.